The van der Waals surface area contributed by atoms with Crippen LogP contribution in [0.5, 0.6) is 0 Å². The van der Waals surface area contributed by atoms with Crippen LogP contribution in [0.1, 0.15) is 11.3 Å². The van der Waals surface area contributed by atoms with Crippen molar-refractivity contribution in [1.29, 1.82) is 0 Å². The standard InChI is InChI=1S/C21H18N2O3/c1-14-5-3-4-6-17(14)19-12-21(24)26-20-11-16(7-8-18(19)20)23(2)13-15-9-10-25-22-15/h3-12H,13H2,1-2H3. The third-order valence-electron chi connectivity index (χ3n) is 4.49. The summed E-state index contributed by atoms with van der Waals surface area (Å²) in [6.45, 7) is 2.64. The minimum atomic E-state index is -0.355. The van der Waals surface area contributed by atoms with Gasteiger partial charge in [-0.3, -0.25) is 0 Å². The molecule has 0 unspecified atom stereocenters. The minimum Gasteiger partial charge on any atom is -0.423 e. The summed E-state index contributed by atoms with van der Waals surface area (Å²) >= 11 is 0. The van der Waals surface area contributed by atoms with E-state index < -0.39 is 0 Å². The first kappa shape index (κ1) is 16.1. The Kier molecular flexibility index (Phi) is 4.05. The van der Waals surface area contributed by atoms with Gasteiger partial charge in [0.2, 0.25) is 0 Å². The molecule has 5 nitrogen and oxygen atoms in total. The molecule has 0 N–H and O–H groups in total. The van der Waals surface area contributed by atoms with Gasteiger partial charge in [-0.2, -0.15) is 0 Å². The zero-order valence-electron chi connectivity index (χ0n) is 14.6. The normalized spacial score (nSPS) is 11.0. The molecule has 0 radical (unpaired) electrons. The number of hydrogen-bond donors (Lipinski definition) is 0. The number of rotatable bonds is 4. The van der Waals surface area contributed by atoms with Gasteiger partial charge in [-0.15, -0.1) is 0 Å². The van der Waals surface area contributed by atoms with Crippen molar-refractivity contribution in [3.8, 4) is 11.1 Å². The molecule has 0 aliphatic rings. The predicted molar refractivity (Wildman–Crippen MR) is 101 cm³/mol. The second-order valence-corrected chi connectivity index (χ2v) is 6.32. The van der Waals surface area contributed by atoms with Gasteiger partial charge in [0.1, 0.15) is 17.5 Å². The van der Waals surface area contributed by atoms with E-state index in [-0.39, 0.29) is 5.63 Å². The first-order valence-electron chi connectivity index (χ1n) is 8.36. The first-order chi connectivity index (χ1) is 12.6. The molecule has 0 bridgehead atoms. The molecule has 0 aliphatic carbocycles. The largest absolute Gasteiger partial charge is 0.423 e. The van der Waals surface area contributed by atoms with Crippen LogP contribution in [0.2, 0.25) is 0 Å². The Morgan fingerprint density at radius 2 is 1.88 bits per heavy atom. The van der Waals surface area contributed by atoms with Gasteiger partial charge in [0, 0.05) is 41.9 Å². The molecule has 0 aliphatic heterocycles. The molecular formula is C21H18N2O3. The molecule has 0 atom stereocenters. The van der Waals surface area contributed by atoms with Gasteiger partial charge >= 0.3 is 5.63 Å². The van der Waals surface area contributed by atoms with Crippen molar-refractivity contribution in [3.63, 3.8) is 0 Å². The number of aromatic nitrogens is 1. The van der Waals surface area contributed by atoms with Crippen molar-refractivity contribution in [2.45, 2.75) is 13.5 Å². The molecule has 0 amide bonds. The van der Waals surface area contributed by atoms with E-state index in [0.29, 0.717) is 12.1 Å². The number of anilines is 1. The number of aryl methyl sites for hydroxylation is 1. The molecule has 4 rings (SSSR count). The van der Waals surface area contributed by atoms with E-state index in [2.05, 4.69) is 5.16 Å². The number of hydrogen-bond acceptors (Lipinski definition) is 5. The highest BCUT2D eigenvalue weighted by molar-refractivity contribution is 5.95. The molecule has 4 aromatic rings. The van der Waals surface area contributed by atoms with Crippen LogP contribution in [0.3, 0.4) is 0 Å². The van der Waals surface area contributed by atoms with Gasteiger partial charge in [-0.1, -0.05) is 29.4 Å². The van der Waals surface area contributed by atoms with Crippen molar-refractivity contribution in [1.82, 2.24) is 5.16 Å². The summed E-state index contributed by atoms with van der Waals surface area (Å²) in [7, 11) is 1.96. The first-order valence-corrected chi connectivity index (χ1v) is 8.36. The van der Waals surface area contributed by atoms with E-state index in [4.69, 9.17) is 8.94 Å². The van der Waals surface area contributed by atoms with Crippen LogP contribution in [-0.2, 0) is 6.54 Å². The van der Waals surface area contributed by atoms with Gasteiger partial charge in [0.05, 0.1) is 6.54 Å². The third kappa shape index (κ3) is 2.99. The maximum atomic E-state index is 12.1. The van der Waals surface area contributed by atoms with Crippen molar-refractivity contribution in [2.24, 2.45) is 0 Å². The van der Waals surface area contributed by atoms with Crippen molar-refractivity contribution in [3.05, 3.63) is 82.5 Å². The summed E-state index contributed by atoms with van der Waals surface area (Å²) in [5, 5.41) is 4.85. The van der Waals surface area contributed by atoms with Gasteiger partial charge in [0.25, 0.3) is 0 Å². The number of fused-ring (bicyclic) bond motifs is 1. The van der Waals surface area contributed by atoms with E-state index in [1.54, 1.807) is 12.3 Å². The fourth-order valence-corrected chi connectivity index (χ4v) is 3.14. The Morgan fingerprint density at radius 1 is 1.04 bits per heavy atom. The summed E-state index contributed by atoms with van der Waals surface area (Å²) in [4.78, 5) is 14.1. The van der Waals surface area contributed by atoms with Gasteiger partial charge in [-0.25, -0.2) is 4.79 Å². The lowest BCUT2D eigenvalue weighted by atomic mass is 9.98. The van der Waals surface area contributed by atoms with Crippen molar-refractivity contribution >= 4 is 16.7 Å². The van der Waals surface area contributed by atoms with Crippen LogP contribution in [0.15, 0.2) is 74.6 Å². The SMILES string of the molecule is Cc1ccccc1-c1cc(=O)oc2cc(N(C)Cc3ccon3)ccc12. The molecule has 0 saturated heterocycles. The Labute approximate surface area is 150 Å². The molecule has 0 spiro atoms. The summed E-state index contributed by atoms with van der Waals surface area (Å²) in [6.07, 6.45) is 1.55. The van der Waals surface area contributed by atoms with Crippen LogP contribution in [0, 0.1) is 6.92 Å². The van der Waals surface area contributed by atoms with E-state index in [1.807, 2.05) is 67.4 Å². The van der Waals surface area contributed by atoms with Crippen LogP contribution < -0.4 is 10.5 Å². The molecule has 130 valence electrons. The van der Waals surface area contributed by atoms with Crippen LogP contribution in [0.25, 0.3) is 22.1 Å². The third-order valence-corrected chi connectivity index (χ3v) is 4.49. The maximum absolute atomic E-state index is 12.1. The summed E-state index contributed by atoms with van der Waals surface area (Å²) in [6, 6.07) is 17.3. The van der Waals surface area contributed by atoms with Crippen molar-refractivity contribution in [2.75, 3.05) is 11.9 Å². The molecule has 2 aromatic carbocycles. The van der Waals surface area contributed by atoms with Gasteiger partial charge in [-0.05, 0) is 30.2 Å². The lowest BCUT2D eigenvalue weighted by Gasteiger charge is -2.18. The molecule has 2 aromatic heterocycles. The average Bonchev–Trinajstić information content (AvgIpc) is 3.14. The average molecular weight is 346 g/mol. The monoisotopic (exact) mass is 346 g/mol. The van der Waals surface area contributed by atoms with E-state index in [9.17, 15) is 4.79 Å². The molecular weight excluding hydrogens is 328 g/mol. The van der Waals surface area contributed by atoms with Crippen molar-refractivity contribution < 1.29 is 8.94 Å². The molecule has 26 heavy (non-hydrogen) atoms. The maximum Gasteiger partial charge on any atom is 0.336 e. The Balaban J connectivity index is 1.80. The van der Waals surface area contributed by atoms with E-state index >= 15 is 0 Å². The molecule has 5 heteroatoms. The Hall–Kier alpha value is -3.34. The van der Waals surface area contributed by atoms with Crippen LogP contribution in [0.4, 0.5) is 5.69 Å². The van der Waals surface area contributed by atoms with Gasteiger partial charge in [0.15, 0.2) is 0 Å². The molecule has 2 heterocycles. The highest BCUT2D eigenvalue weighted by atomic mass is 16.5. The quantitative estimate of drug-likeness (QED) is 0.513. The smallest absolute Gasteiger partial charge is 0.336 e. The Bertz CT molecular complexity index is 1110. The summed E-state index contributed by atoms with van der Waals surface area (Å²) in [5.41, 5.74) is 5.03. The minimum absolute atomic E-state index is 0.355. The second kappa shape index (κ2) is 6.52. The Morgan fingerprint density at radius 3 is 2.65 bits per heavy atom. The van der Waals surface area contributed by atoms with Crippen LogP contribution >= 0.6 is 0 Å². The molecule has 0 fully saturated rings. The van der Waals surface area contributed by atoms with E-state index in [0.717, 1.165) is 33.5 Å². The highest BCUT2D eigenvalue weighted by Gasteiger charge is 2.12. The van der Waals surface area contributed by atoms with Gasteiger partial charge < -0.3 is 13.8 Å². The summed E-state index contributed by atoms with van der Waals surface area (Å²) in [5.74, 6) is 0. The number of benzene rings is 2. The topological polar surface area (TPSA) is 59.5 Å². The van der Waals surface area contributed by atoms with E-state index in [1.165, 1.54) is 0 Å². The molecule has 0 saturated carbocycles. The van der Waals surface area contributed by atoms with Crippen LogP contribution in [-0.4, -0.2) is 12.2 Å². The zero-order valence-corrected chi connectivity index (χ0v) is 14.6. The zero-order chi connectivity index (χ0) is 18.1. The highest BCUT2D eigenvalue weighted by Crippen LogP contribution is 2.31. The lowest BCUT2D eigenvalue weighted by Crippen LogP contribution is -2.16. The second-order valence-electron chi connectivity index (χ2n) is 6.32. The lowest BCUT2D eigenvalue weighted by molar-refractivity contribution is 0.411. The fourth-order valence-electron chi connectivity index (χ4n) is 3.14. The fraction of sp³-hybridized carbons (Fsp3) is 0.143. The summed E-state index contributed by atoms with van der Waals surface area (Å²) < 4.78 is 10.3. The number of nitrogens with zero attached hydrogens (tertiary/aromatic N) is 2. The predicted octanol–water partition coefficient (Wildman–Crippen LogP) is 4.39.